The van der Waals surface area contributed by atoms with Crippen LogP contribution in [0.4, 0.5) is 0 Å². The summed E-state index contributed by atoms with van der Waals surface area (Å²) in [6, 6.07) is 57.1. The second-order valence-electron chi connectivity index (χ2n) is 12.5. The monoisotopic (exact) mass is 598 g/mol. The molecule has 11 aromatic rings. The van der Waals surface area contributed by atoms with Crippen molar-refractivity contribution in [3.8, 4) is 22.5 Å². The van der Waals surface area contributed by atoms with Crippen molar-refractivity contribution in [1.29, 1.82) is 0 Å². The average molecular weight is 599 g/mol. The number of hydrogen-bond acceptors (Lipinski definition) is 1. The van der Waals surface area contributed by atoms with Gasteiger partial charge in [-0.3, -0.25) is 0 Å². The molecule has 0 amide bonds. The van der Waals surface area contributed by atoms with Gasteiger partial charge < -0.3 is 13.6 Å². The van der Waals surface area contributed by atoms with E-state index in [0.29, 0.717) is 0 Å². The van der Waals surface area contributed by atoms with Crippen molar-refractivity contribution in [3.05, 3.63) is 158 Å². The Balaban J connectivity index is 1.16. The van der Waals surface area contributed by atoms with Gasteiger partial charge in [-0.2, -0.15) is 0 Å². The second kappa shape index (κ2) is 9.12. The van der Waals surface area contributed by atoms with Gasteiger partial charge in [0.2, 0.25) is 0 Å². The Labute approximate surface area is 269 Å². The minimum Gasteiger partial charge on any atom is -0.456 e. The van der Waals surface area contributed by atoms with Crippen LogP contribution in [0.1, 0.15) is 0 Å². The fourth-order valence-electron chi connectivity index (χ4n) is 8.07. The third-order valence-corrected chi connectivity index (χ3v) is 10.1. The summed E-state index contributed by atoms with van der Waals surface area (Å²) in [7, 11) is 0. The maximum absolute atomic E-state index is 6.16. The third kappa shape index (κ3) is 3.35. The summed E-state index contributed by atoms with van der Waals surface area (Å²) in [5, 5.41) is 9.96. The second-order valence-corrected chi connectivity index (χ2v) is 12.5. The van der Waals surface area contributed by atoms with Crippen molar-refractivity contribution >= 4 is 76.3 Å². The first kappa shape index (κ1) is 24.9. The molecule has 0 saturated carbocycles. The van der Waals surface area contributed by atoms with Gasteiger partial charge in [0.05, 0.1) is 22.1 Å². The molecule has 0 unspecified atom stereocenters. The zero-order valence-corrected chi connectivity index (χ0v) is 25.3. The number of benzene rings is 8. The number of rotatable bonds is 3. The number of hydrogen-bond donors (Lipinski definition) is 0. The molecule has 0 aliphatic rings. The maximum Gasteiger partial charge on any atom is 0.135 e. The summed E-state index contributed by atoms with van der Waals surface area (Å²) in [5.41, 5.74) is 11.5. The smallest absolute Gasteiger partial charge is 0.135 e. The van der Waals surface area contributed by atoms with Gasteiger partial charge in [-0.25, -0.2) is 0 Å². The first-order chi connectivity index (χ1) is 23.3. The number of furan rings is 1. The van der Waals surface area contributed by atoms with Crippen molar-refractivity contribution in [1.82, 2.24) is 9.13 Å². The van der Waals surface area contributed by atoms with Crippen molar-refractivity contribution < 1.29 is 4.42 Å². The van der Waals surface area contributed by atoms with Crippen LogP contribution in [0, 0.1) is 0 Å². The van der Waals surface area contributed by atoms with Crippen LogP contribution in [0.25, 0.3) is 98.8 Å². The molecule has 0 saturated heterocycles. The lowest BCUT2D eigenvalue weighted by Gasteiger charge is -2.11. The first-order valence-electron chi connectivity index (χ1n) is 16.1. The lowest BCUT2D eigenvalue weighted by Crippen LogP contribution is -1.93. The Morgan fingerprint density at radius 1 is 0.362 bits per heavy atom. The summed E-state index contributed by atoms with van der Waals surface area (Å²) in [6.45, 7) is 0. The van der Waals surface area contributed by atoms with Crippen molar-refractivity contribution in [2.45, 2.75) is 0 Å². The molecule has 3 nitrogen and oxygen atoms in total. The van der Waals surface area contributed by atoms with Crippen LogP contribution in [-0.4, -0.2) is 9.13 Å². The summed E-state index contributed by atoms with van der Waals surface area (Å²) in [5.74, 6) is 0. The summed E-state index contributed by atoms with van der Waals surface area (Å²) < 4.78 is 11.0. The van der Waals surface area contributed by atoms with Crippen LogP contribution in [0.5, 0.6) is 0 Å². The minimum absolute atomic E-state index is 0.909. The van der Waals surface area contributed by atoms with Crippen molar-refractivity contribution in [3.63, 3.8) is 0 Å². The normalized spacial score (nSPS) is 12.3. The van der Waals surface area contributed by atoms with E-state index in [-0.39, 0.29) is 0 Å². The number of fused-ring (bicyclic) bond motifs is 6. The van der Waals surface area contributed by atoms with E-state index in [0.717, 1.165) is 27.6 Å². The van der Waals surface area contributed by atoms with Crippen molar-refractivity contribution in [2.75, 3.05) is 0 Å². The molecule has 0 fully saturated rings. The van der Waals surface area contributed by atoms with Gasteiger partial charge in [0.15, 0.2) is 0 Å². The highest BCUT2D eigenvalue weighted by Crippen LogP contribution is 2.44. The van der Waals surface area contributed by atoms with E-state index >= 15 is 0 Å². The molecule has 218 valence electrons. The zero-order chi connectivity index (χ0) is 30.6. The maximum atomic E-state index is 6.16. The molecule has 0 aliphatic carbocycles. The van der Waals surface area contributed by atoms with Crippen LogP contribution < -0.4 is 0 Å². The van der Waals surface area contributed by atoms with Crippen LogP contribution in [0.3, 0.4) is 0 Å². The molecular weight excluding hydrogens is 572 g/mol. The van der Waals surface area contributed by atoms with E-state index in [1.54, 1.807) is 0 Å². The van der Waals surface area contributed by atoms with E-state index in [9.17, 15) is 0 Å². The molecule has 3 heterocycles. The van der Waals surface area contributed by atoms with Gasteiger partial charge in [0, 0.05) is 43.7 Å². The van der Waals surface area contributed by atoms with Gasteiger partial charge >= 0.3 is 0 Å². The average Bonchev–Trinajstić information content (AvgIpc) is 3.79. The number of aromatic nitrogens is 2. The highest BCUT2D eigenvalue weighted by Gasteiger charge is 2.20. The van der Waals surface area contributed by atoms with E-state index in [1.165, 1.54) is 71.2 Å². The molecule has 0 spiro atoms. The molecule has 11 rings (SSSR count). The van der Waals surface area contributed by atoms with Crippen LogP contribution in [0.2, 0.25) is 0 Å². The fraction of sp³-hybridized carbons (Fsp3) is 0. The van der Waals surface area contributed by atoms with Gasteiger partial charge in [-0.15, -0.1) is 0 Å². The zero-order valence-electron chi connectivity index (χ0n) is 25.3. The Morgan fingerprint density at radius 2 is 1.09 bits per heavy atom. The Morgan fingerprint density at radius 3 is 2.02 bits per heavy atom. The van der Waals surface area contributed by atoms with Gasteiger partial charge in [0.25, 0.3) is 0 Å². The molecule has 0 bridgehead atoms. The van der Waals surface area contributed by atoms with E-state index < -0.39 is 0 Å². The lowest BCUT2D eigenvalue weighted by atomic mass is 9.94. The standard InChI is InChI=1S/C44H26N2O/c1-2-10-29(11-3-1)45-39-15-8-9-27-17-20-34-31(21-23-40(45)44(34)43(27)39)28-18-22-38-35(25-28)32-12-4-6-14-37(32)46(38)30-19-24-42-36(26-30)33-13-5-7-16-41(33)47-42/h1-26H. The van der Waals surface area contributed by atoms with Gasteiger partial charge in [-0.1, -0.05) is 91.0 Å². The molecule has 3 heteroatoms. The minimum atomic E-state index is 0.909. The predicted octanol–water partition coefficient (Wildman–Crippen LogP) is 12.0. The molecule has 8 aromatic carbocycles. The van der Waals surface area contributed by atoms with Crippen LogP contribution in [0.15, 0.2) is 162 Å². The van der Waals surface area contributed by atoms with E-state index in [4.69, 9.17) is 4.42 Å². The van der Waals surface area contributed by atoms with E-state index in [2.05, 4.69) is 155 Å². The molecule has 3 aromatic heterocycles. The SMILES string of the molecule is c1ccc(-n2c3cccc4ccc5c(-c6ccc7c(c6)c6ccccc6n7-c6ccc7oc8ccccc8c7c6)ccc2c5c43)cc1. The highest BCUT2D eigenvalue weighted by molar-refractivity contribution is 6.27. The fourth-order valence-corrected chi connectivity index (χ4v) is 8.07. The molecule has 0 radical (unpaired) electrons. The van der Waals surface area contributed by atoms with Gasteiger partial charge in [0.1, 0.15) is 11.2 Å². The molecule has 0 aliphatic heterocycles. The summed E-state index contributed by atoms with van der Waals surface area (Å²) in [4.78, 5) is 0. The highest BCUT2D eigenvalue weighted by atomic mass is 16.3. The first-order valence-corrected chi connectivity index (χ1v) is 16.1. The Hall–Kier alpha value is -6.32. The molecular formula is C44H26N2O. The van der Waals surface area contributed by atoms with E-state index in [1.807, 2.05) is 12.1 Å². The molecule has 0 atom stereocenters. The van der Waals surface area contributed by atoms with Gasteiger partial charge in [-0.05, 0) is 88.6 Å². The third-order valence-electron chi connectivity index (χ3n) is 10.1. The molecule has 47 heavy (non-hydrogen) atoms. The summed E-state index contributed by atoms with van der Waals surface area (Å²) in [6.07, 6.45) is 0. The van der Waals surface area contributed by atoms with Crippen LogP contribution >= 0.6 is 0 Å². The molecule has 0 N–H and O–H groups in total. The predicted molar refractivity (Wildman–Crippen MR) is 197 cm³/mol. The number of nitrogens with zero attached hydrogens (tertiary/aromatic N) is 2. The Bertz CT molecular complexity index is 3010. The van der Waals surface area contributed by atoms with Crippen molar-refractivity contribution in [2.24, 2.45) is 0 Å². The largest absolute Gasteiger partial charge is 0.456 e. The topological polar surface area (TPSA) is 23.0 Å². The lowest BCUT2D eigenvalue weighted by molar-refractivity contribution is 0.669. The van der Waals surface area contributed by atoms with Crippen LogP contribution in [-0.2, 0) is 0 Å². The Kier molecular flexibility index (Phi) is 4.84. The number of para-hydroxylation sites is 3. The summed E-state index contributed by atoms with van der Waals surface area (Å²) >= 11 is 0. The quantitative estimate of drug-likeness (QED) is 0.186.